The fraction of sp³-hybridized carbons (Fsp3) is 0.520. The Bertz CT molecular complexity index is 836. The molecule has 142 valence electrons. The Morgan fingerprint density at radius 3 is 2.56 bits per heavy atom. The molecule has 1 aliphatic heterocycles. The molecule has 0 spiro atoms. The zero-order chi connectivity index (χ0) is 18.6. The van der Waals surface area contributed by atoms with Crippen LogP contribution in [0.2, 0.25) is 0 Å². The SMILES string of the molecule is Cc1ccc(Nc2ccc3c(c2)[C@@]2(C)CCN(CC4CC4)C(C3)[C@@H]2C)cc1. The fourth-order valence-electron chi connectivity index (χ4n) is 5.45. The van der Waals surface area contributed by atoms with Gasteiger partial charge in [0.25, 0.3) is 0 Å². The molecule has 27 heavy (non-hydrogen) atoms. The third-order valence-corrected chi connectivity index (χ3v) is 7.65. The lowest BCUT2D eigenvalue weighted by molar-refractivity contribution is 0.0284. The molecular weight excluding hydrogens is 328 g/mol. The molecule has 5 rings (SSSR count). The summed E-state index contributed by atoms with van der Waals surface area (Å²) in [4.78, 5) is 2.82. The average molecular weight is 361 g/mol. The molecule has 1 unspecified atom stereocenters. The second kappa shape index (κ2) is 6.38. The summed E-state index contributed by atoms with van der Waals surface area (Å²) in [6.45, 7) is 9.78. The third kappa shape index (κ3) is 3.08. The van der Waals surface area contributed by atoms with E-state index in [-0.39, 0.29) is 0 Å². The smallest absolute Gasteiger partial charge is 0.0387 e. The van der Waals surface area contributed by atoms with Gasteiger partial charge in [-0.1, -0.05) is 37.6 Å². The van der Waals surface area contributed by atoms with E-state index in [0.29, 0.717) is 5.41 Å². The third-order valence-electron chi connectivity index (χ3n) is 7.65. The maximum atomic E-state index is 3.62. The molecule has 2 heteroatoms. The number of hydrogen-bond acceptors (Lipinski definition) is 2. The normalized spacial score (nSPS) is 30.0. The number of hydrogen-bond donors (Lipinski definition) is 1. The summed E-state index contributed by atoms with van der Waals surface area (Å²) in [6.07, 6.45) is 5.43. The molecule has 0 amide bonds. The van der Waals surface area contributed by atoms with Gasteiger partial charge in [0.05, 0.1) is 0 Å². The number of nitrogens with one attached hydrogen (secondary N) is 1. The van der Waals surface area contributed by atoms with Crippen molar-refractivity contribution in [2.75, 3.05) is 18.4 Å². The summed E-state index contributed by atoms with van der Waals surface area (Å²) >= 11 is 0. The first kappa shape index (κ1) is 17.3. The Hall–Kier alpha value is -1.80. The van der Waals surface area contributed by atoms with Crippen LogP contribution in [0.1, 0.15) is 49.8 Å². The minimum absolute atomic E-state index is 0.309. The van der Waals surface area contributed by atoms with Crippen LogP contribution in [0.15, 0.2) is 42.5 Å². The van der Waals surface area contributed by atoms with Gasteiger partial charge in [-0.3, -0.25) is 4.90 Å². The molecule has 1 saturated carbocycles. The van der Waals surface area contributed by atoms with Gasteiger partial charge in [0.2, 0.25) is 0 Å². The topological polar surface area (TPSA) is 15.3 Å². The van der Waals surface area contributed by atoms with Crippen LogP contribution in [-0.4, -0.2) is 24.0 Å². The second-order valence-electron chi connectivity index (χ2n) is 9.53. The molecule has 2 aromatic carbocycles. The van der Waals surface area contributed by atoms with Gasteiger partial charge in [-0.2, -0.15) is 0 Å². The molecule has 3 atom stereocenters. The summed E-state index contributed by atoms with van der Waals surface area (Å²) in [5.41, 5.74) is 7.18. The fourth-order valence-corrected chi connectivity index (χ4v) is 5.45. The van der Waals surface area contributed by atoms with Gasteiger partial charge in [0.15, 0.2) is 0 Å². The van der Waals surface area contributed by atoms with Crippen molar-refractivity contribution in [3.05, 3.63) is 59.2 Å². The van der Waals surface area contributed by atoms with E-state index in [1.807, 2.05) is 0 Å². The Kier molecular flexibility index (Phi) is 4.09. The minimum Gasteiger partial charge on any atom is -0.356 e. The van der Waals surface area contributed by atoms with Gasteiger partial charge < -0.3 is 5.32 Å². The highest BCUT2D eigenvalue weighted by Gasteiger charge is 2.48. The molecule has 2 aromatic rings. The molecule has 3 aliphatic rings. The molecule has 1 saturated heterocycles. The molecule has 1 heterocycles. The van der Waals surface area contributed by atoms with Crippen LogP contribution in [0.3, 0.4) is 0 Å². The highest BCUT2D eigenvalue weighted by atomic mass is 15.2. The Morgan fingerprint density at radius 2 is 1.81 bits per heavy atom. The van der Waals surface area contributed by atoms with E-state index in [2.05, 4.69) is 73.5 Å². The van der Waals surface area contributed by atoms with Crippen molar-refractivity contribution in [1.29, 1.82) is 0 Å². The number of anilines is 2. The zero-order valence-electron chi connectivity index (χ0n) is 17.0. The van der Waals surface area contributed by atoms with Crippen LogP contribution < -0.4 is 5.32 Å². The monoisotopic (exact) mass is 360 g/mol. The summed E-state index contributed by atoms with van der Waals surface area (Å²) in [5.74, 6) is 1.72. The summed E-state index contributed by atoms with van der Waals surface area (Å²) < 4.78 is 0. The van der Waals surface area contributed by atoms with Crippen LogP contribution in [0.5, 0.6) is 0 Å². The molecule has 0 aromatic heterocycles. The van der Waals surface area contributed by atoms with Crippen molar-refractivity contribution in [2.45, 2.75) is 57.9 Å². The average Bonchev–Trinajstić information content (AvgIpc) is 3.47. The van der Waals surface area contributed by atoms with Crippen LogP contribution in [-0.2, 0) is 11.8 Å². The largest absolute Gasteiger partial charge is 0.356 e. The van der Waals surface area contributed by atoms with E-state index in [1.54, 1.807) is 11.1 Å². The Labute approximate surface area is 164 Å². The van der Waals surface area contributed by atoms with E-state index in [9.17, 15) is 0 Å². The predicted molar refractivity (Wildman–Crippen MR) is 114 cm³/mol. The lowest BCUT2D eigenvalue weighted by atomic mass is 9.59. The lowest BCUT2D eigenvalue weighted by Crippen LogP contribution is -2.58. The van der Waals surface area contributed by atoms with Gasteiger partial charge in [-0.05, 0) is 91.8 Å². The number of fused-ring (bicyclic) bond motifs is 4. The van der Waals surface area contributed by atoms with Gasteiger partial charge in [0.1, 0.15) is 0 Å². The maximum Gasteiger partial charge on any atom is 0.0387 e. The zero-order valence-corrected chi connectivity index (χ0v) is 17.0. The second-order valence-corrected chi connectivity index (χ2v) is 9.53. The van der Waals surface area contributed by atoms with E-state index in [0.717, 1.165) is 17.9 Å². The highest BCUT2D eigenvalue weighted by Crippen LogP contribution is 2.50. The van der Waals surface area contributed by atoms with Crippen molar-refractivity contribution >= 4 is 11.4 Å². The van der Waals surface area contributed by atoms with E-state index < -0.39 is 0 Å². The molecule has 2 aliphatic carbocycles. The van der Waals surface area contributed by atoms with Gasteiger partial charge in [-0.25, -0.2) is 0 Å². The van der Waals surface area contributed by atoms with Crippen LogP contribution >= 0.6 is 0 Å². The summed E-state index contributed by atoms with van der Waals surface area (Å²) in [5, 5.41) is 3.62. The quantitative estimate of drug-likeness (QED) is 0.755. The summed E-state index contributed by atoms with van der Waals surface area (Å²) in [6, 6.07) is 16.5. The lowest BCUT2D eigenvalue weighted by Gasteiger charge is -2.55. The molecular formula is C25H32N2. The number of piperidine rings is 1. The van der Waals surface area contributed by atoms with Crippen LogP contribution in [0, 0.1) is 18.8 Å². The summed E-state index contributed by atoms with van der Waals surface area (Å²) in [7, 11) is 0. The maximum absolute atomic E-state index is 3.62. The molecule has 1 N–H and O–H groups in total. The Balaban J connectivity index is 1.43. The first-order chi connectivity index (χ1) is 13.0. The van der Waals surface area contributed by atoms with Crippen molar-refractivity contribution in [1.82, 2.24) is 4.90 Å². The molecule has 2 fully saturated rings. The Morgan fingerprint density at radius 1 is 1.07 bits per heavy atom. The van der Waals surface area contributed by atoms with Crippen LogP contribution in [0.25, 0.3) is 0 Å². The highest BCUT2D eigenvalue weighted by molar-refractivity contribution is 5.62. The van der Waals surface area contributed by atoms with E-state index in [1.165, 1.54) is 55.7 Å². The van der Waals surface area contributed by atoms with E-state index in [4.69, 9.17) is 0 Å². The number of likely N-dealkylation sites (tertiary alicyclic amines) is 1. The molecule has 2 nitrogen and oxygen atoms in total. The van der Waals surface area contributed by atoms with Crippen molar-refractivity contribution in [3.63, 3.8) is 0 Å². The minimum atomic E-state index is 0.309. The molecule has 0 radical (unpaired) electrons. The van der Waals surface area contributed by atoms with Crippen molar-refractivity contribution < 1.29 is 0 Å². The van der Waals surface area contributed by atoms with Crippen LogP contribution in [0.4, 0.5) is 11.4 Å². The van der Waals surface area contributed by atoms with Gasteiger partial charge in [-0.15, -0.1) is 0 Å². The predicted octanol–water partition coefficient (Wildman–Crippen LogP) is 5.67. The number of rotatable bonds is 4. The standard InChI is InChI=1S/C25H32N2/c1-17-4-9-21(10-5-17)26-22-11-8-20-14-24-18(2)25(3,23(20)15-22)12-13-27(24)16-19-6-7-19/h4-5,8-11,15,18-19,24,26H,6-7,12-14,16H2,1-3H3/t18-,24?,25-/m0/s1. The van der Waals surface area contributed by atoms with E-state index >= 15 is 0 Å². The van der Waals surface area contributed by atoms with Crippen molar-refractivity contribution in [2.24, 2.45) is 11.8 Å². The first-order valence-electron chi connectivity index (χ1n) is 10.7. The van der Waals surface area contributed by atoms with Crippen molar-refractivity contribution in [3.8, 4) is 0 Å². The van der Waals surface area contributed by atoms with Gasteiger partial charge >= 0.3 is 0 Å². The first-order valence-corrected chi connectivity index (χ1v) is 10.7. The number of nitrogens with zero attached hydrogens (tertiary/aromatic N) is 1. The number of benzene rings is 2. The van der Waals surface area contributed by atoms with Gasteiger partial charge in [0, 0.05) is 24.0 Å². The number of aryl methyl sites for hydroxylation is 1. The molecule has 2 bridgehead atoms.